The van der Waals surface area contributed by atoms with E-state index in [1.165, 1.54) is 5.69 Å². The third kappa shape index (κ3) is 2.09. The Morgan fingerprint density at radius 3 is 2.42 bits per heavy atom. The predicted octanol–water partition coefficient (Wildman–Crippen LogP) is 3.43. The lowest BCUT2D eigenvalue weighted by Gasteiger charge is -2.08. The maximum Gasteiger partial charge on any atom is 0.101 e. The van der Waals surface area contributed by atoms with Gasteiger partial charge in [0, 0.05) is 18.1 Å². The molecule has 0 saturated heterocycles. The van der Waals surface area contributed by atoms with Crippen molar-refractivity contribution in [3.05, 3.63) is 34.5 Å². The Labute approximate surface area is 113 Å². The zero-order valence-corrected chi connectivity index (χ0v) is 11.8. The molecule has 1 heterocycles. The van der Waals surface area contributed by atoms with Crippen molar-refractivity contribution in [3.63, 3.8) is 0 Å². The van der Waals surface area contributed by atoms with Gasteiger partial charge in [0.1, 0.15) is 12.1 Å². The lowest BCUT2D eigenvalue weighted by molar-refractivity contribution is 0.620. The minimum absolute atomic E-state index is 0.542. The summed E-state index contributed by atoms with van der Waals surface area (Å²) in [7, 11) is 1.97. The van der Waals surface area contributed by atoms with Gasteiger partial charge in [-0.15, -0.1) is 0 Å². The van der Waals surface area contributed by atoms with Crippen LogP contribution in [0.3, 0.4) is 0 Å². The van der Waals surface area contributed by atoms with Crippen molar-refractivity contribution in [3.8, 4) is 12.1 Å². The summed E-state index contributed by atoms with van der Waals surface area (Å²) in [5.41, 5.74) is 4.24. The smallest absolute Gasteiger partial charge is 0.101 e. The molecule has 0 saturated carbocycles. The molecule has 0 spiro atoms. The topological polar surface area (TPSA) is 52.5 Å². The quantitative estimate of drug-likeness (QED) is 0.821. The number of aryl methyl sites for hydroxylation is 2. The van der Waals surface area contributed by atoms with Crippen molar-refractivity contribution >= 4 is 10.9 Å². The number of nitriles is 2. The highest BCUT2D eigenvalue weighted by atomic mass is 14.9. The molecule has 0 fully saturated rings. The van der Waals surface area contributed by atoms with Gasteiger partial charge in [-0.2, -0.15) is 10.5 Å². The van der Waals surface area contributed by atoms with Crippen molar-refractivity contribution in [1.29, 1.82) is 10.5 Å². The van der Waals surface area contributed by atoms with Crippen LogP contribution in [0.4, 0.5) is 0 Å². The van der Waals surface area contributed by atoms with Crippen molar-refractivity contribution < 1.29 is 0 Å². The summed E-state index contributed by atoms with van der Waals surface area (Å²) in [6.45, 7) is 6.21. The van der Waals surface area contributed by atoms with Crippen molar-refractivity contribution in [2.75, 3.05) is 0 Å². The Morgan fingerprint density at radius 1 is 1.21 bits per heavy atom. The normalized spacial score (nSPS) is 10.7. The average molecular weight is 251 g/mol. The van der Waals surface area contributed by atoms with Gasteiger partial charge in [-0.25, -0.2) is 0 Å². The van der Waals surface area contributed by atoms with E-state index in [2.05, 4.69) is 32.1 Å². The second-order valence-corrected chi connectivity index (χ2v) is 5.39. The van der Waals surface area contributed by atoms with Gasteiger partial charge in [-0.1, -0.05) is 13.8 Å². The number of rotatable bonds is 2. The largest absolute Gasteiger partial charge is 0.347 e. The van der Waals surface area contributed by atoms with Gasteiger partial charge in [0.2, 0.25) is 0 Å². The Hall–Kier alpha value is -2.26. The Kier molecular flexibility index (Phi) is 3.32. The molecule has 1 aromatic carbocycles. The number of hydrogen-bond donors (Lipinski definition) is 0. The van der Waals surface area contributed by atoms with Gasteiger partial charge in [0.25, 0.3) is 0 Å². The van der Waals surface area contributed by atoms with Gasteiger partial charge in [-0.05, 0) is 37.0 Å². The molecule has 0 aliphatic rings. The number of hydrogen-bond acceptors (Lipinski definition) is 2. The minimum atomic E-state index is 0.542. The van der Waals surface area contributed by atoms with Crippen LogP contribution in [0.25, 0.3) is 10.9 Å². The molecule has 0 aliphatic heterocycles. The second kappa shape index (κ2) is 4.78. The van der Waals surface area contributed by atoms with E-state index in [0.29, 0.717) is 17.0 Å². The highest BCUT2D eigenvalue weighted by Crippen LogP contribution is 2.29. The zero-order chi connectivity index (χ0) is 14.2. The maximum atomic E-state index is 9.32. The first kappa shape index (κ1) is 13.2. The van der Waals surface area contributed by atoms with Crippen LogP contribution in [0.15, 0.2) is 12.1 Å². The highest BCUT2D eigenvalue weighted by Gasteiger charge is 2.16. The van der Waals surface area contributed by atoms with Crippen LogP contribution >= 0.6 is 0 Å². The van der Waals surface area contributed by atoms with E-state index in [1.54, 1.807) is 6.07 Å². The van der Waals surface area contributed by atoms with E-state index in [-0.39, 0.29) is 0 Å². The first-order valence-electron chi connectivity index (χ1n) is 6.41. The number of benzene rings is 1. The minimum Gasteiger partial charge on any atom is -0.347 e. The standard InChI is InChI=1S/C16H17N3/c1-10(2)5-13-7-14-15(9-18)11(3)6-12(8-17)16(14)19(13)4/h6-7,10H,5H2,1-4H3. The average Bonchev–Trinajstić information content (AvgIpc) is 2.65. The van der Waals surface area contributed by atoms with Gasteiger partial charge in [-0.3, -0.25) is 0 Å². The Bertz CT molecular complexity index is 721. The van der Waals surface area contributed by atoms with Crippen molar-refractivity contribution in [2.45, 2.75) is 27.2 Å². The van der Waals surface area contributed by atoms with Crippen LogP contribution in [0.1, 0.15) is 36.2 Å². The van der Waals surface area contributed by atoms with Crippen LogP contribution in [-0.4, -0.2) is 4.57 Å². The Balaban J connectivity index is 2.85. The molecule has 0 unspecified atom stereocenters. The molecule has 3 nitrogen and oxygen atoms in total. The second-order valence-electron chi connectivity index (χ2n) is 5.39. The van der Waals surface area contributed by atoms with E-state index in [4.69, 9.17) is 0 Å². The number of nitrogens with zero attached hydrogens (tertiary/aromatic N) is 3. The molecule has 3 heteroatoms. The van der Waals surface area contributed by atoms with Gasteiger partial charge < -0.3 is 4.57 Å². The molecule has 2 aromatic rings. The molecule has 19 heavy (non-hydrogen) atoms. The third-order valence-corrected chi connectivity index (χ3v) is 3.46. The van der Waals surface area contributed by atoms with Crippen LogP contribution in [0.5, 0.6) is 0 Å². The number of aromatic nitrogens is 1. The molecule has 0 aliphatic carbocycles. The first-order valence-corrected chi connectivity index (χ1v) is 6.41. The molecule has 0 atom stereocenters. The van der Waals surface area contributed by atoms with Gasteiger partial charge in [0.05, 0.1) is 16.6 Å². The first-order chi connectivity index (χ1) is 8.99. The maximum absolute atomic E-state index is 9.32. The fourth-order valence-electron chi connectivity index (χ4n) is 2.59. The SMILES string of the molecule is Cc1cc(C#N)c2c(cc(CC(C)C)n2C)c1C#N. The van der Waals surface area contributed by atoms with E-state index in [9.17, 15) is 10.5 Å². The molecule has 96 valence electrons. The lowest BCUT2D eigenvalue weighted by Crippen LogP contribution is -2.01. The van der Waals surface area contributed by atoms with E-state index >= 15 is 0 Å². The van der Waals surface area contributed by atoms with Crippen molar-refractivity contribution in [2.24, 2.45) is 13.0 Å². The zero-order valence-electron chi connectivity index (χ0n) is 11.8. The van der Waals surface area contributed by atoms with Crippen LogP contribution in [-0.2, 0) is 13.5 Å². The van der Waals surface area contributed by atoms with Gasteiger partial charge >= 0.3 is 0 Å². The highest BCUT2D eigenvalue weighted by molar-refractivity contribution is 5.92. The molecule has 0 bridgehead atoms. The van der Waals surface area contributed by atoms with E-state index in [1.807, 2.05) is 18.5 Å². The van der Waals surface area contributed by atoms with Crippen LogP contribution in [0, 0.1) is 35.5 Å². The number of fused-ring (bicyclic) bond motifs is 1. The summed E-state index contributed by atoms with van der Waals surface area (Å²) in [4.78, 5) is 0. The predicted molar refractivity (Wildman–Crippen MR) is 75.6 cm³/mol. The molecule has 0 radical (unpaired) electrons. The summed E-state index contributed by atoms with van der Waals surface area (Å²) in [5.74, 6) is 0.542. The van der Waals surface area contributed by atoms with Crippen LogP contribution in [0.2, 0.25) is 0 Å². The van der Waals surface area contributed by atoms with E-state index in [0.717, 1.165) is 22.9 Å². The summed E-state index contributed by atoms with van der Waals surface area (Å²) >= 11 is 0. The van der Waals surface area contributed by atoms with E-state index < -0.39 is 0 Å². The fraction of sp³-hybridized carbons (Fsp3) is 0.375. The summed E-state index contributed by atoms with van der Waals surface area (Å²) in [6, 6.07) is 8.36. The molecular formula is C16H17N3. The monoisotopic (exact) mass is 251 g/mol. The molecular weight excluding hydrogens is 234 g/mol. The summed E-state index contributed by atoms with van der Waals surface area (Å²) in [5, 5.41) is 19.5. The van der Waals surface area contributed by atoms with Crippen LogP contribution < -0.4 is 0 Å². The molecule has 1 aromatic heterocycles. The van der Waals surface area contributed by atoms with Crippen molar-refractivity contribution in [1.82, 2.24) is 4.57 Å². The lowest BCUT2D eigenvalue weighted by atomic mass is 10.0. The fourth-order valence-corrected chi connectivity index (χ4v) is 2.59. The summed E-state index contributed by atoms with van der Waals surface area (Å²) in [6.07, 6.45) is 0.944. The molecule has 0 N–H and O–H groups in total. The third-order valence-electron chi connectivity index (χ3n) is 3.46. The van der Waals surface area contributed by atoms with Gasteiger partial charge in [0.15, 0.2) is 0 Å². The Morgan fingerprint density at radius 2 is 1.89 bits per heavy atom. The molecule has 2 rings (SSSR count). The molecule has 0 amide bonds. The summed E-state index contributed by atoms with van der Waals surface area (Å²) < 4.78 is 2.05.